The number of hydrogen-bond acceptors (Lipinski definition) is 6. The summed E-state index contributed by atoms with van der Waals surface area (Å²) in [6.45, 7) is 6.53. The van der Waals surface area contributed by atoms with Gasteiger partial charge in [0.15, 0.2) is 0 Å². The number of benzene rings is 2. The second-order valence-corrected chi connectivity index (χ2v) is 7.20. The van der Waals surface area contributed by atoms with Gasteiger partial charge in [-0.25, -0.2) is 4.79 Å². The molecule has 1 N–H and O–H groups in total. The van der Waals surface area contributed by atoms with Gasteiger partial charge in [-0.2, -0.15) is 0 Å². The van der Waals surface area contributed by atoms with Crippen LogP contribution in [-0.2, 0) is 4.79 Å². The first-order chi connectivity index (χ1) is 14.9. The molecule has 0 saturated carbocycles. The molecule has 0 atom stereocenters. The van der Waals surface area contributed by atoms with Crippen LogP contribution >= 0.6 is 0 Å². The molecule has 1 amide bonds. The van der Waals surface area contributed by atoms with E-state index in [0.717, 1.165) is 16.9 Å². The van der Waals surface area contributed by atoms with Gasteiger partial charge in [0.2, 0.25) is 0 Å². The molecule has 0 bridgehead atoms. The number of ether oxygens (including phenoxy) is 2. The lowest BCUT2D eigenvalue weighted by atomic mass is 10.1. The molecule has 7 nitrogen and oxygen atoms in total. The Morgan fingerprint density at radius 1 is 1.06 bits per heavy atom. The van der Waals surface area contributed by atoms with E-state index in [4.69, 9.17) is 13.9 Å². The molecule has 0 aliphatic heterocycles. The Morgan fingerprint density at radius 3 is 2.65 bits per heavy atom. The van der Waals surface area contributed by atoms with E-state index in [0.29, 0.717) is 25.0 Å². The van der Waals surface area contributed by atoms with Crippen molar-refractivity contribution in [1.82, 2.24) is 5.32 Å². The van der Waals surface area contributed by atoms with Crippen LogP contribution in [0.1, 0.15) is 41.3 Å². The van der Waals surface area contributed by atoms with E-state index in [9.17, 15) is 14.4 Å². The van der Waals surface area contributed by atoms with Crippen LogP contribution < -0.4 is 20.4 Å². The van der Waals surface area contributed by atoms with Crippen LogP contribution in [0.15, 0.2) is 51.7 Å². The highest BCUT2D eigenvalue weighted by atomic mass is 16.5. The molecule has 3 aromatic rings. The minimum absolute atomic E-state index is 0.0667. The molecule has 0 radical (unpaired) electrons. The van der Waals surface area contributed by atoms with Crippen molar-refractivity contribution in [2.45, 2.75) is 33.6 Å². The SMILES string of the molecule is CCNC(=O)c1cc2ccc(OC(=O)CCCOc3cc(C)ccc3C)cc2oc1=O. The number of carbonyl (C=O) groups excluding carboxylic acids is 2. The smallest absolute Gasteiger partial charge is 0.349 e. The zero-order valence-corrected chi connectivity index (χ0v) is 17.8. The quantitative estimate of drug-likeness (QED) is 0.255. The predicted molar refractivity (Wildman–Crippen MR) is 117 cm³/mol. The van der Waals surface area contributed by atoms with Crippen molar-refractivity contribution in [3.8, 4) is 11.5 Å². The normalized spacial score (nSPS) is 10.7. The fourth-order valence-electron chi connectivity index (χ4n) is 3.01. The maximum Gasteiger partial charge on any atom is 0.349 e. The van der Waals surface area contributed by atoms with Gasteiger partial charge in [0.25, 0.3) is 5.91 Å². The molecule has 0 saturated heterocycles. The molecular formula is C24H25NO6. The Kier molecular flexibility index (Phi) is 7.07. The molecule has 0 aliphatic carbocycles. The summed E-state index contributed by atoms with van der Waals surface area (Å²) in [4.78, 5) is 36.1. The minimum Gasteiger partial charge on any atom is -0.493 e. The summed E-state index contributed by atoms with van der Waals surface area (Å²) in [5, 5.41) is 3.12. The van der Waals surface area contributed by atoms with Gasteiger partial charge in [-0.15, -0.1) is 0 Å². The summed E-state index contributed by atoms with van der Waals surface area (Å²) >= 11 is 0. The topological polar surface area (TPSA) is 94.8 Å². The Hall–Kier alpha value is -3.61. The van der Waals surface area contributed by atoms with Crippen molar-refractivity contribution in [3.05, 3.63) is 69.6 Å². The van der Waals surface area contributed by atoms with Gasteiger partial charge in [-0.05, 0) is 62.6 Å². The molecule has 2 aromatic carbocycles. The van der Waals surface area contributed by atoms with Gasteiger partial charge in [-0.1, -0.05) is 12.1 Å². The average molecular weight is 423 g/mol. The third-order valence-corrected chi connectivity index (χ3v) is 4.65. The second kappa shape index (κ2) is 9.93. The number of carbonyl (C=O) groups is 2. The van der Waals surface area contributed by atoms with Crippen LogP contribution in [0.2, 0.25) is 0 Å². The van der Waals surface area contributed by atoms with Crippen molar-refractivity contribution in [1.29, 1.82) is 0 Å². The molecule has 0 spiro atoms. The maximum atomic E-state index is 12.1. The molecule has 162 valence electrons. The molecule has 1 aromatic heterocycles. The zero-order chi connectivity index (χ0) is 22.4. The highest BCUT2D eigenvalue weighted by molar-refractivity contribution is 5.96. The molecule has 0 aliphatic rings. The first-order valence-electron chi connectivity index (χ1n) is 10.1. The monoisotopic (exact) mass is 423 g/mol. The van der Waals surface area contributed by atoms with Crippen molar-refractivity contribution in [2.24, 2.45) is 0 Å². The number of nitrogens with one attached hydrogen (secondary N) is 1. The van der Waals surface area contributed by atoms with E-state index < -0.39 is 17.5 Å². The van der Waals surface area contributed by atoms with Crippen LogP contribution in [0.3, 0.4) is 0 Å². The van der Waals surface area contributed by atoms with Gasteiger partial charge in [0.1, 0.15) is 22.6 Å². The third-order valence-electron chi connectivity index (χ3n) is 4.65. The number of hydrogen-bond donors (Lipinski definition) is 1. The zero-order valence-electron chi connectivity index (χ0n) is 17.8. The summed E-state index contributed by atoms with van der Waals surface area (Å²) < 4.78 is 16.3. The Balaban J connectivity index is 1.57. The van der Waals surface area contributed by atoms with Crippen molar-refractivity contribution in [3.63, 3.8) is 0 Å². The van der Waals surface area contributed by atoms with E-state index in [2.05, 4.69) is 5.32 Å². The first kappa shape index (κ1) is 22.1. The molecular weight excluding hydrogens is 398 g/mol. The minimum atomic E-state index is -0.745. The summed E-state index contributed by atoms with van der Waals surface area (Å²) in [5.74, 6) is 0.175. The first-order valence-corrected chi connectivity index (χ1v) is 10.1. The maximum absolute atomic E-state index is 12.1. The van der Waals surface area contributed by atoms with Gasteiger partial charge < -0.3 is 19.2 Å². The summed E-state index contributed by atoms with van der Waals surface area (Å²) in [7, 11) is 0. The van der Waals surface area contributed by atoms with Gasteiger partial charge in [0, 0.05) is 24.4 Å². The summed E-state index contributed by atoms with van der Waals surface area (Å²) in [6, 6.07) is 12.1. The van der Waals surface area contributed by atoms with E-state index >= 15 is 0 Å². The van der Waals surface area contributed by atoms with Crippen LogP contribution in [0, 0.1) is 13.8 Å². The predicted octanol–water partition coefficient (Wildman–Crippen LogP) is 3.92. The lowest BCUT2D eigenvalue weighted by molar-refractivity contribution is -0.134. The summed E-state index contributed by atoms with van der Waals surface area (Å²) in [6.07, 6.45) is 0.688. The number of fused-ring (bicyclic) bond motifs is 1. The molecule has 1 heterocycles. The van der Waals surface area contributed by atoms with Crippen LogP contribution in [-0.4, -0.2) is 25.0 Å². The Bertz CT molecular complexity index is 1160. The summed E-state index contributed by atoms with van der Waals surface area (Å²) in [5.41, 5.74) is 1.58. The number of esters is 1. The molecule has 7 heteroatoms. The fraction of sp³-hybridized carbons (Fsp3) is 0.292. The van der Waals surface area contributed by atoms with Gasteiger partial charge in [0.05, 0.1) is 6.61 Å². The number of rotatable bonds is 8. The molecule has 3 rings (SSSR count). The largest absolute Gasteiger partial charge is 0.493 e. The van der Waals surface area contributed by atoms with Crippen molar-refractivity contribution in [2.75, 3.05) is 13.2 Å². The molecule has 0 fully saturated rings. The van der Waals surface area contributed by atoms with Crippen LogP contribution in [0.25, 0.3) is 11.0 Å². The molecule has 0 unspecified atom stereocenters. The average Bonchev–Trinajstić information content (AvgIpc) is 2.73. The fourth-order valence-corrected chi connectivity index (χ4v) is 3.01. The van der Waals surface area contributed by atoms with Crippen LogP contribution in [0.5, 0.6) is 11.5 Å². The lowest BCUT2D eigenvalue weighted by Crippen LogP contribution is -2.27. The van der Waals surface area contributed by atoms with Crippen molar-refractivity contribution < 1.29 is 23.5 Å². The lowest BCUT2D eigenvalue weighted by Gasteiger charge is -2.10. The van der Waals surface area contributed by atoms with Gasteiger partial charge >= 0.3 is 11.6 Å². The van der Waals surface area contributed by atoms with Crippen LogP contribution in [0.4, 0.5) is 0 Å². The van der Waals surface area contributed by atoms with E-state index in [1.807, 2.05) is 32.0 Å². The van der Waals surface area contributed by atoms with E-state index in [1.165, 1.54) is 12.1 Å². The van der Waals surface area contributed by atoms with E-state index in [1.54, 1.807) is 19.1 Å². The van der Waals surface area contributed by atoms with E-state index in [-0.39, 0.29) is 23.3 Å². The standard InChI is InChI=1S/C24H25NO6/c1-4-25-23(27)19-13-17-9-10-18(14-21(17)31-24(19)28)30-22(26)6-5-11-29-20-12-15(2)7-8-16(20)3/h7-10,12-14H,4-6,11H2,1-3H3,(H,25,27). The Labute approximate surface area is 180 Å². The highest BCUT2D eigenvalue weighted by Crippen LogP contribution is 2.22. The Morgan fingerprint density at radius 2 is 1.87 bits per heavy atom. The highest BCUT2D eigenvalue weighted by Gasteiger charge is 2.14. The van der Waals surface area contributed by atoms with Crippen molar-refractivity contribution >= 4 is 22.8 Å². The third kappa shape index (κ3) is 5.72. The second-order valence-electron chi connectivity index (χ2n) is 7.20. The number of aryl methyl sites for hydroxylation is 2. The molecule has 31 heavy (non-hydrogen) atoms. The number of amides is 1. The van der Waals surface area contributed by atoms with Gasteiger partial charge in [-0.3, -0.25) is 9.59 Å².